The van der Waals surface area contributed by atoms with Crippen molar-refractivity contribution in [3.05, 3.63) is 12.2 Å². The molecule has 3 heteroatoms. The average molecular weight is 141 g/mol. The highest BCUT2D eigenvalue weighted by atomic mass is 16.3. The van der Waals surface area contributed by atoms with E-state index in [0.29, 0.717) is 12.1 Å². The molecule has 0 aliphatic carbocycles. The Labute approximate surface area is 59.9 Å². The summed E-state index contributed by atoms with van der Waals surface area (Å²) in [6.07, 6.45) is 0. The van der Waals surface area contributed by atoms with E-state index in [2.05, 4.69) is 6.58 Å². The molecule has 3 nitrogen and oxygen atoms in total. The van der Waals surface area contributed by atoms with Crippen molar-refractivity contribution in [3.63, 3.8) is 0 Å². The molecule has 0 saturated carbocycles. The molecule has 1 fully saturated rings. The SMILES string of the molecule is C=C1CN(C)C(=O)C1(C)O. The third-order valence-corrected chi connectivity index (χ3v) is 1.88. The first kappa shape index (κ1) is 7.28. The van der Waals surface area contributed by atoms with Crippen molar-refractivity contribution >= 4 is 5.91 Å². The highest BCUT2D eigenvalue weighted by Crippen LogP contribution is 2.24. The van der Waals surface area contributed by atoms with Crippen molar-refractivity contribution in [1.29, 1.82) is 0 Å². The molecule has 0 radical (unpaired) electrons. The van der Waals surface area contributed by atoms with Crippen LogP contribution in [0.1, 0.15) is 6.92 Å². The van der Waals surface area contributed by atoms with Crippen LogP contribution in [-0.4, -0.2) is 35.1 Å². The molecule has 0 aromatic heterocycles. The van der Waals surface area contributed by atoms with Crippen LogP contribution in [0, 0.1) is 0 Å². The molecule has 0 bridgehead atoms. The van der Waals surface area contributed by atoms with E-state index in [9.17, 15) is 9.90 Å². The van der Waals surface area contributed by atoms with Gasteiger partial charge in [-0.05, 0) is 12.5 Å². The molecule has 10 heavy (non-hydrogen) atoms. The predicted octanol–water partition coefficient (Wildman–Crippen LogP) is -0.234. The van der Waals surface area contributed by atoms with Gasteiger partial charge in [0.25, 0.3) is 5.91 Å². The Morgan fingerprint density at radius 1 is 1.80 bits per heavy atom. The van der Waals surface area contributed by atoms with Gasteiger partial charge in [-0.25, -0.2) is 0 Å². The third kappa shape index (κ3) is 0.743. The normalized spacial score (nSPS) is 33.7. The highest BCUT2D eigenvalue weighted by molar-refractivity contribution is 5.91. The lowest BCUT2D eigenvalue weighted by molar-refractivity contribution is -0.139. The van der Waals surface area contributed by atoms with E-state index >= 15 is 0 Å². The van der Waals surface area contributed by atoms with Gasteiger partial charge in [-0.3, -0.25) is 4.79 Å². The van der Waals surface area contributed by atoms with E-state index in [1.807, 2.05) is 0 Å². The summed E-state index contributed by atoms with van der Waals surface area (Å²) in [5.74, 6) is -0.266. The van der Waals surface area contributed by atoms with E-state index in [-0.39, 0.29) is 5.91 Å². The molecule has 1 rings (SSSR count). The van der Waals surface area contributed by atoms with Crippen molar-refractivity contribution in [2.24, 2.45) is 0 Å². The fourth-order valence-corrected chi connectivity index (χ4v) is 1.03. The molecule has 1 N–H and O–H groups in total. The van der Waals surface area contributed by atoms with Gasteiger partial charge in [0.15, 0.2) is 5.60 Å². The molecule has 1 aliphatic rings. The van der Waals surface area contributed by atoms with Gasteiger partial charge >= 0.3 is 0 Å². The topological polar surface area (TPSA) is 40.5 Å². The Morgan fingerprint density at radius 3 is 2.40 bits per heavy atom. The Bertz CT molecular complexity index is 196. The van der Waals surface area contributed by atoms with Crippen LogP contribution in [0.15, 0.2) is 12.2 Å². The highest BCUT2D eigenvalue weighted by Gasteiger charge is 2.42. The first-order valence-electron chi connectivity index (χ1n) is 3.12. The predicted molar refractivity (Wildman–Crippen MR) is 37.4 cm³/mol. The zero-order valence-electron chi connectivity index (χ0n) is 6.22. The minimum Gasteiger partial charge on any atom is -0.376 e. The maximum atomic E-state index is 11.1. The van der Waals surface area contributed by atoms with E-state index in [1.54, 1.807) is 7.05 Å². The first-order valence-corrected chi connectivity index (χ1v) is 3.12. The van der Waals surface area contributed by atoms with Crippen LogP contribution in [0.4, 0.5) is 0 Å². The van der Waals surface area contributed by atoms with Gasteiger partial charge in [0.05, 0.1) is 0 Å². The number of amides is 1. The molecule has 1 unspecified atom stereocenters. The van der Waals surface area contributed by atoms with Gasteiger partial charge < -0.3 is 10.0 Å². The number of rotatable bonds is 0. The van der Waals surface area contributed by atoms with Gasteiger partial charge in [-0.1, -0.05) is 6.58 Å². The molecule has 0 spiro atoms. The number of carbonyl (C=O) groups is 1. The van der Waals surface area contributed by atoms with E-state index in [1.165, 1.54) is 11.8 Å². The lowest BCUT2D eigenvalue weighted by Crippen LogP contribution is -2.35. The first-order chi connectivity index (χ1) is 4.46. The Kier molecular flexibility index (Phi) is 1.33. The summed E-state index contributed by atoms with van der Waals surface area (Å²) in [6, 6.07) is 0. The van der Waals surface area contributed by atoms with Crippen molar-refractivity contribution in [2.75, 3.05) is 13.6 Å². The Hall–Kier alpha value is -0.830. The van der Waals surface area contributed by atoms with Crippen LogP contribution in [0.25, 0.3) is 0 Å². The molecule has 1 amide bonds. The summed E-state index contributed by atoms with van der Waals surface area (Å²) in [6.45, 7) is 5.53. The summed E-state index contributed by atoms with van der Waals surface area (Å²) >= 11 is 0. The quantitative estimate of drug-likeness (QED) is 0.473. The molecule has 1 saturated heterocycles. The van der Waals surface area contributed by atoms with Gasteiger partial charge in [0.1, 0.15) is 0 Å². The largest absolute Gasteiger partial charge is 0.376 e. The molecule has 1 heterocycles. The lowest BCUT2D eigenvalue weighted by atomic mass is 10.0. The number of likely N-dealkylation sites (tertiary alicyclic amines) is 1. The van der Waals surface area contributed by atoms with Crippen LogP contribution in [-0.2, 0) is 4.79 Å². The van der Waals surface area contributed by atoms with Gasteiger partial charge in [-0.2, -0.15) is 0 Å². The third-order valence-electron chi connectivity index (χ3n) is 1.88. The summed E-state index contributed by atoms with van der Waals surface area (Å²) in [4.78, 5) is 12.5. The average Bonchev–Trinajstić information content (AvgIpc) is 1.97. The maximum Gasteiger partial charge on any atom is 0.258 e. The number of aliphatic hydroxyl groups is 1. The molecule has 0 aromatic rings. The summed E-state index contributed by atoms with van der Waals surface area (Å²) in [7, 11) is 1.65. The number of hydrogen-bond acceptors (Lipinski definition) is 2. The minimum atomic E-state index is -1.32. The van der Waals surface area contributed by atoms with Crippen LogP contribution in [0.5, 0.6) is 0 Å². The molecule has 1 atom stereocenters. The van der Waals surface area contributed by atoms with Gasteiger partial charge in [0.2, 0.25) is 0 Å². The van der Waals surface area contributed by atoms with Crippen molar-refractivity contribution in [1.82, 2.24) is 4.90 Å². The fraction of sp³-hybridized carbons (Fsp3) is 0.571. The fourth-order valence-electron chi connectivity index (χ4n) is 1.03. The monoisotopic (exact) mass is 141 g/mol. The number of likely N-dealkylation sites (N-methyl/N-ethyl adjacent to an activating group) is 1. The van der Waals surface area contributed by atoms with Crippen LogP contribution in [0.2, 0.25) is 0 Å². The summed E-state index contributed by atoms with van der Waals surface area (Å²) in [5, 5.41) is 9.41. The Balaban J connectivity index is 2.96. The molecule has 56 valence electrons. The second kappa shape index (κ2) is 1.83. The summed E-state index contributed by atoms with van der Waals surface area (Å²) < 4.78 is 0. The standard InChI is InChI=1S/C7H11NO2/c1-5-4-8(3)6(9)7(5,2)10/h10H,1,4H2,2-3H3. The van der Waals surface area contributed by atoms with Crippen LogP contribution < -0.4 is 0 Å². The number of hydrogen-bond donors (Lipinski definition) is 1. The number of nitrogens with zero attached hydrogens (tertiary/aromatic N) is 1. The van der Waals surface area contributed by atoms with Crippen LogP contribution in [0.3, 0.4) is 0 Å². The second-order valence-electron chi connectivity index (χ2n) is 2.84. The Morgan fingerprint density at radius 2 is 2.30 bits per heavy atom. The smallest absolute Gasteiger partial charge is 0.258 e. The summed E-state index contributed by atoms with van der Waals surface area (Å²) in [5.41, 5.74) is -0.755. The molecular weight excluding hydrogens is 130 g/mol. The number of carbonyl (C=O) groups excluding carboxylic acids is 1. The van der Waals surface area contributed by atoms with Crippen LogP contribution >= 0.6 is 0 Å². The van der Waals surface area contributed by atoms with Gasteiger partial charge in [-0.15, -0.1) is 0 Å². The lowest BCUT2D eigenvalue weighted by Gasteiger charge is -2.14. The maximum absolute atomic E-state index is 11.1. The molecule has 0 aromatic carbocycles. The molecular formula is C7H11NO2. The van der Waals surface area contributed by atoms with E-state index in [4.69, 9.17) is 0 Å². The van der Waals surface area contributed by atoms with Gasteiger partial charge in [0, 0.05) is 13.6 Å². The molecule has 1 aliphatic heterocycles. The minimum absolute atomic E-state index is 0.266. The second-order valence-corrected chi connectivity index (χ2v) is 2.84. The van der Waals surface area contributed by atoms with Crippen molar-refractivity contribution in [3.8, 4) is 0 Å². The van der Waals surface area contributed by atoms with Crippen molar-refractivity contribution in [2.45, 2.75) is 12.5 Å². The van der Waals surface area contributed by atoms with E-state index < -0.39 is 5.60 Å². The van der Waals surface area contributed by atoms with E-state index in [0.717, 1.165) is 0 Å². The van der Waals surface area contributed by atoms with Crippen molar-refractivity contribution < 1.29 is 9.90 Å². The zero-order valence-corrected chi connectivity index (χ0v) is 6.22. The zero-order chi connectivity index (χ0) is 7.94.